The van der Waals surface area contributed by atoms with Crippen molar-refractivity contribution in [2.75, 3.05) is 19.0 Å². The summed E-state index contributed by atoms with van der Waals surface area (Å²) in [4.78, 5) is 13.9. The van der Waals surface area contributed by atoms with Gasteiger partial charge in [0.05, 0.1) is 6.21 Å². The van der Waals surface area contributed by atoms with Crippen LogP contribution in [0.25, 0.3) is 0 Å². The van der Waals surface area contributed by atoms with Crippen molar-refractivity contribution < 1.29 is 4.79 Å². The van der Waals surface area contributed by atoms with Crippen LogP contribution in [-0.4, -0.2) is 26.2 Å². The maximum absolute atomic E-state index is 11.8. The molecule has 0 aromatic heterocycles. The predicted molar refractivity (Wildman–Crippen MR) is 87.7 cm³/mol. The van der Waals surface area contributed by atoms with Gasteiger partial charge in [-0.2, -0.15) is 5.10 Å². The number of nitrogens with zero attached hydrogens (tertiary/aromatic N) is 2. The van der Waals surface area contributed by atoms with Crippen LogP contribution in [0.5, 0.6) is 0 Å². The molecule has 1 aliphatic rings. The first-order chi connectivity index (χ1) is 10.1. The van der Waals surface area contributed by atoms with Crippen LogP contribution in [0.3, 0.4) is 0 Å². The molecule has 0 unspecified atom stereocenters. The summed E-state index contributed by atoms with van der Waals surface area (Å²) in [6.07, 6.45) is 8.51. The van der Waals surface area contributed by atoms with Crippen molar-refractivity contribution in [1.82, 2.24) is 5.43 Å². The second-order valence-electron chi connectivity index (χ2n) is 5.99. The number of hydrogen-bond donors (Lipinski definition) is 1. The lowest BCUT2D eigenvalue weighted by molar-refractivity contribution is -0.122. The predicted octanol–water partition coefficient (Wildman–Crippen LogP) is 3.17. The van der Waals surface area contributed by atoms with Crippen LogP contribution in [-0.2, 0) is 4.79 Å². The topological polar surface area (TPSA) is 44.7 Å². The summed E-state index contributed by atoms with van der Waals surface area (Å²) in [5.74, 6) is 0.580. The lowest BCUT2D eigenvalue weighted by Gasteiger charge is -2.20. The van der Waals surface area contributed by atoms with Crippen molar-refractivity contribution in [3.63, 3.8) is 0 Å². The van der Waals surface area contributed by atoms with Gasteiger partial charge in [-0.05, 0) is 36.5 Å². The Hall–Kier alpha value is -1.84. The Balaban J connectivity index is 1.77. The molecule has 4 heteroatoms. The van der Waals surface area contributed by atoms with Crippen LogP contribution >= 0.6 is 0 Å². The van der Waals surface area contributed by atoms with E-state index in [1.165, 1.54) is 32.1 Å². The van der Waals surface area contributed by atoms with Crippen LogP contribution in [0.4, 0.5) is 5.69 Å². The Morgan fingerprint density at radius 1 is 1.24 bits per heavy atom. The molecule has 1 aromatic rings. The molecule has 1 saturated carbocycles. The number of carbonyl (C=O) groups excluding carboxylic acids is 1. The van der Waals surface area contributed by atoms with Crippen LogP contribution < -0.4 is 10.3 Å². The Bertz CT molecular complexity index is 473. The van der Waals surface area contributed by atoms with E-state index >= 15 is 0 Å². The summed E-state index contributed by atoms with van der Waals surface area (Å²) in [7, 11) is 4.02. The maximum atomic E-state index is 11.8. The zero-order chi connectivity index (χ0) is 15.1. The van der Waals surface area contributed by atoms with E-state index in [2.05, 4.69) is 10.5 Å². The molecular formula is C17H25N3O. The van der Waals surface area contributed by atoms with E-state index in [4.69, 9.17) is 0 Å². The van der Waals surface area contributed by atoms with Gasteiger partial charge in [-0.3, -0.25) is 4.79 Å². The Morgan fingerprint density at radius 3 is 2.52 bits per heavy atom. The van der Waals surface area contributed by atoms with Gasteiger partial charge in [0.1, 0.15) is 0 Å². The van der Waals surface area contributed by atoms with Gasteiger partial charge in [0, 0.05) is 26.2 Å². The molecule has 0 saturated heterocycles. The minimum Gasteiger partial charge on any atom is -0.378 e. The summed E-state index contributed by atoms with van der Waals surface area (Å²) in [5.41, 5.74) is 4.77. The van der Waals surface area contributed by atoms with Crippen LogP contribution in [0.2, 0.25) is 0 Å². The molecule has 114 valence electrons. The van der Waals surface area contributed by atoms with Crippen molar-refractivity contribution in [2.45, 2.75) is 38.5 Å². The summed E-state index contributed by atoms with van der Waals surface area (Å²) < 4.78 is 0. The normalized spacial score (nSPS) is 16.1. The van der Waals surface area contributed by atoms with Crippen molar-refractivity contribution in [1.29, 1.82) is 0 Å². The van der Waals surface area contributed by atoms with E-state index in [1.807, 2.05) is 43.3 Å². The van der Waals surface area contributed by atoms with Gasteiger partial charge in [-0.15, -0.1) is 0 Å². The summed E-state index contributed by atoms with van der Waals surface area (Å²) in [6.45, 7) is 0. The van der Waals surface area contributed by atoms with Gasteiger partial charge >= 0.3 is 0 Å². The average molecular weight is 287 g/mol. The van der Waals surface area contributed by atoms with E-state index in [0.29, 0.717) is 12.3 Å². The molecular weight excluding hydrogens is 262 g/mol. The molecule has 0 heterocycles. The van der Waals surface area contributed by atoms with Gasteiger partial charge in [-0.25, -0.2) is 5.43 Å². The molecule has 0 aliphatic heterocycles. The number of hydrogen-bond acceptors (Lipinski definition) is 3. The van der Waals surface area contributed by atoms with Crippen LogP contribution in [0.1, 0.15) is 44.1 Å². The van der Waals surface area contributed by atoms with E-state index in [1.54, 1.807) is 6.21 Å². The van der Waals surface area contributed by atoms with Crippen molar-refractivity contribution in [3.8, 4) is 0 Å². The van der Waals surface area contributed by atoms with E-state index < -0.39 is 0 Å². The molecule has 0 bridgehead atoms. The number of benzene rings is 1. The molecule has 1 fully saturated rings. The van der Waals surface area contributed by atoms with E-state index in [0.717, 1.165) is 11.3 Å². The number of rotatable bonds is 5. The van der Waals surface area contributed by atoms with Crippen LogP contribution in [0, 0.1) is 5.92 Å². The second-order valence-corrected chi connectivity index (χ2v) is 5.99. The SMILES string of the molecule is CN(C)c1ccc(C=NNC(=O)CC2CCCCC2)cc1. The number of nitrogens with one attached hydrogen (secondary N) is 1. The fourth-order valence-corrected chi connectivity index (χ4v) is 2.74. The van der Waals surface area contributed by atoms with Crippen molar-refractivity contribution in [3.05, 3.63) is 29.8 Å². The van der Waals surface area contributed by atoms with Gasteiger partial charge in [0.15, 0.2) is 0 Å². The third-order valence-electron chi connectivity index (χ3n) is 4.01. The first-order valence-electron chi connectivity index (χ1n) is 7.74. The fraction of sp³-hybridized carbons (Fsp3) is 0.529. The first-order valence-corrected chi connectivity index (χ1v) is 7.74. The maximum Gasteiger partial charge on any atom is 0.240 e. The summed E-state index contributed by atoms with van der Waals surface area (Å²) >= 11 is 0. The zero-order valence-corrected chi connectivity index (χ0v) is 13.0. The lowest BCUT2D eigenvalue weighted by Crippen LogP contribution is -2.22. The molecule has 4 nitrogen and oxygen atoms in total. The smallest absolute Gasteiger partial charge is 0.240 e. The first kappa shape index (κ1) is 15.5. The number of carbonyl (C=O) groups is 1. The van der Waals surface area contributed by atoms with Gasteiger partial charge < -0.3 is 4.90 Å². The Labute approximate surface area is 127 Å². The van der Waals surface area contributed by atoms with Crippen LogP contribution in [0.15, 0.2) is 29.4 Å². The summed E-state index contributed by atoms with van der Waals surface area (Å²) in [6, 6.07) is 8.05. The summed E-state index contributed by atoms with van der Waals surface area (Å²) in [5, 5.41) is 4.04. The third kappa shape index (κ3) is 5.21. The monoisotopic (exact) mass is 287 g/mol. The van der Waals surface area contributed by atoms with E-state index in [-0.39, 0.29) is 5.91 Å². The third-order valence-corrected chi connectivity index (χ3v) is 4.01. The highest BCUT2D eigenvalue weighted by molar-refractivity contribution is 5.82. The lowest BCUT2D eigenvalue weighted by atomic mass is 9.87. The van der Waals surface area contributed by atoms with Gasteiger partial charge in [0.25, 0.3) is 0 Å². The minimum absolute atomic E-state index is 0.0306. The van der Waals surface area contributed by atoms with E-state index in [9.17, 15) is 4.79 Å². The largest absolute Gasteiger partial charge is 0.378 e. The Kier molecular flexibility index (Phi) is 5.78. The zero-order valence-electron chi connectivity index (χ0n) is 13.0. The highest BCUT2D eigenvalue weighted by Gasteiger charge is 2.16. The number of amides is 1. The molecule has 1 aromatic carbocycles. The molecule has 1 aliphatic carbocycles. The van der Waals surface area contributed by atoms with Gasteiger partial charge in [0.2, 0.25) is 5.91 Å². The fourth-order valence-electron chi connectivity index (χ4n) is 2.74. The van der Waals surface area contributed by atoms with Gasteiger partial charge in [-0.1, -0.05) is 31.4 Å². The van der Waals surface area contributed by atoms with Crippen molar-refractivity contribution in [2.24, 2.45) is 11.0 Å². The highest BCUT2D eigenvalue weighted by Crippen LogP contribution is 2.25. The molecule has 1 N–H and O–H groups in total. The number of hydrazone groups is 1. The highest BCUT2D eigenvalue weighted by atomic mass is 16.2. The van der Waals surface area contributed by atoms with Crippen molar-refractivity contribution >= 4 is 17.8 Å². The Morgan fingerprint density at radius 2 is 1.90 bits per heavy atom. The quantitative estimate of drug-likeness (QED) is 0.668. The molecule has 0 radical (unpaired) electrons. The number of anilines is 1. The standard InChI is InChI=1S/C17H25N3O/c1-20(2)16-10-8-15(9-11-16)13-18-19-17(21)12-14-6-4-3-5-7-14/h8-11,13-14H,3-7,12H2,1-2H3,(H,19,21). The average Bonchev–Trinajstić information content (AvgIpc) is 2.49. The molecule has 21 heavy (non-hydrogen) atoms. The molecule has 2 rings (SSSR count). The molecule has 1 amide bonds. The second kappa shape index (κ2) is 7.81. The minimum atomic E-state index is 0.0306. The molecule has 0 atom stereocenters. The molecule has 0 spiro atoms.